The minimum absolute atomic E-state index is 0.506. The highest BCUT2D eigenvalue weighted by Gasteiger charge is 2.22. The van der Waals surface area contributed by atoms with Gasteiger partial charge in [0.05, 0.1) is 27.0 Å². The molecule has 0 spiro atoms. The van der Waals surface area contributed by atoms with Crippen LogP contribution in [0.5, 0.6) is 17.2 Å². The van der Waals surface area contributed by atoms with Crippen molar-refractivity contribution in [1.82, 2.24) is 10.3 Å². The summed E-state index contributed by atoms with van der Waals surface area (Å²) in [4.78, 5) is 7.18. The number of nitrogens with one attached hydrogen (secondary N) is 1. The zero-order valence-electron chi connectivity index (χ0n) is 19.9. The van der Waals surface area contributed by atoms with Crippen LogP contribution in [0.1, 0.15) is 24.0 Å². The van der Waals surface area contributed by atoms with Crippen molar-refractivity contribution in [3.8, 4) is 28.5 Å². The zero-order valence-corrected chi connectivity index (χ0v) is 19.9. The molecule has 0 radical (unpaired) electrons. The lowest BCUT2D eigenvalue weighted by Gasteiger charge is -2.36. The van der Waals surface area contributed by atoms with Gasteiger partial charge in [-0.25, -0.2) is 0 Å². The van der Waals surface area contributed by atoms with Crippen molar-refractivity contribution in [3.63, 3.8) is 0 Å². The first-order valence-corrected chi connectivity index (χ1v) is 11.4. The lowest BCUT2D eigenvalue weighted by Crippen LogP contribution is -2.43. The van der Waals surface area contributed by atoms with Crippen molar-refractivity contribution in [1.29, 1.82) is 0 Å². The van der Waals surface area contributed by atoms with Crippen LogP contribution in [0.4, 0.5) is 5.69 Å². The van der Waals surface area contributed by atoms with Crippen LogP contribution in [0.25, 0.3) is 11.3 Å². The fourth-order valence-electron chi connectivity index (χ4n) is 4.44. The lowest BCUT2D eigenvalue weighted by molar-refractivity contribution is 0.324. The van der Waals surface area contributed by atoms with E-state index in [1.807, 2.05) is 18.3 Å². The maximum atomic E-state index is 5.54. The predicted molar refractivity (Wildman–Crippen MR) is 133 cm³/mol. The number of anilines is 1. The largest absolute Gasteiger partial charge is 0.493 e. The molecule has 0 atom stereocenters. The Bertz CT molecular complexity index is 1040. The van der Waals surface area contributed by atoms with Gasteiger partial charge in [-0.2, -0.15) is 0 Å². The van der Waals surface area contributed by atoms with Gasteiger partial charge in [0.25, 0.3) is 0 Å². The van der Waals surface area contributed by atoms with Crippen molar-refractivity contribution in [2.75, 3.05) is 39.3 Å². The summed E-state index contributed by atoms with van der Waals surface area (Å²) >= 11 is 0. The first-order valence-electron chi connectivity index (χ1n) is 11.4. The van der Waals surface area contributed by atoms with Gasteiger partial charge in [0.2, 0.25) is 5.75 Å². The second-order valence-corrected chi connectivity index (χ2v) is 8.41. The number of nitrogens with zero attached hydrogens (tertiary/aromatic N) is 2. The highest BCUT2D eigenvalue weighted by molar-refractivity contribution is 5.69. The Morgan fingerprint density at radius 3 is 2.18 bits per heavy atom. The molecule has 0 bridgehead atoms. The number of rotatable bonds is 8. The first kappa shape index (κ1) is 22.9. The van der Waals surface area contributed by atoms with E-state index in [1.54, 1.807) is 21.3 Å². The van der Waals surface area contributed by atoms with Gasteiger partial charge in [0.1, 0.15) is 0 Å². The molecule has 0 amide bonds. The summed E-state index contributed by atoms with van der Waals surface area (Å²) in [6.45, 7) is 5.07. The normalized spacial score (nSPS) is 14.1. The Morgan fingerprint density at radius 2 is 1.58 bits per heavy atom. The van der Waals surface area contributed by atoms with E-state index in [4.69, 9.17) is 14.2 Å². The van der Waals surface area contributed by atoms with Gasteiger partial charge in [0, 0.05) is 30.0 Å². The van der Waals surface area contributed by atoms with Crippen LogP contribution in [0, 0.1) is 6.92 Å². The maximum absolute atomic E-state index is 5.54. The number of hydrogen-bond acceptors (Lipinski definition) is 6. The smallest absolute Gasteiger partial charge is 0.203 e. The average molecular weight is 448 g/mol. The Kier molecular flexibility index (Phi) is 7.35. The molecule has 1 saturated heterocycles. The topological polar surface area (TPSA) is 55.9 Å². The second-order valence-electron chi connectivity index (χ2n) is 8.41. The Hall–Kier alpha value is -3.25. The van der Waals surface area contributed by atoms with E-state index in [9.17, 15) is 0 Å². The fraction of sp³-hybridized carbons (Fsp3) is 0.370. The summed E-state index contributed by atoms with van der Waals surface area (Å²) in [6, 6.07) is 17.5. The Balaban J connectivity index is 1.66. The summed E-state index contributed by atoms with van der Waals surface area (Å²) in [6.07, 6.45) is 4.15. The molecular weight excluding hydrogens is 414 g/mol. The van der Waals surface area contributed by atoms with Crippen molar-refractivity contribution in [2.24, 2.45) is 0 Å². The number of hydrogen-bond donors (Lipinski definition) is 1. The van der Waals surface area contributed by atoms with Crippen LogP contribution in [0.3, 0.4) is 0 Å². The molecule has 6 nitrogen and oxygen atoms in total. The van der Waals surface area contributed by atoms with Gasteiger partial charge < -0.3 is 24.4 Å². The summed E-state index contributed by atoms with van der Waals surface area (Å²) < 4.78 is 16.5. The van der Waals surface area contributed by atoms with Gasteiger partial charge in [-0.05, 0) is 74.8 Å². The number of aryl methyl sites for hydroxylation is 1. The van der Waals surface area contributed by atoms with Gasteiger partial charge in [-0.3, -0.25) is 4.98 Å². The highest BCUT2D eigenvalue weighted by atomic mass is 16.5. The molecule has 2 heterocycles. The van der Waals surface area contributed by atoms with Crippen LogP contribution >= 0.6 is 0 Å². The quantitative estimate of drug-likeness (QED) is 0.533. The predicted octanol–water partition coefficient (Wildman–Crippen LogP) is 4.84. The van der Waals surface area contributed by atoms with Gasteiger partial charge in [-0.1, -0.05) is 17.7 Å². The maximum Gasteiger partial charge on any atom is 0.203 e. The molecule has 6 heteroatoms. The third kappa shape index (κ3) is 5.22. The van der Waals surface area contributed by atoms with Crippen LogP contribution in [0.15, 0.2) is 54.7 Å². The molecule has 1 fully saturated rings. The summed E-state index contributed by atoms with van der Waals surface area (Å²) in [5.41, 5.74) is 5.56. The zero-order chi connectivity index (χ0) is 23.2. The third-order valence-electron chi connectivity index (χ3n) is 6.25. The fourth-order valence-corrected chi connectivity index (χ4v) is 4.44. The van der Waals surface area contributed by atoms with Crippen LogP contribution in [0.2, 0.25) is 0 Å². The number of benzene rings is 2. The molecule has 0 unspecified atom stereocenters. The molecule has 4 rings (SSSR count). The van der Waals surface area contributed by atoms with E-state index < -0.39 is 0 Å². The summed E-state index contributed by atoms with van der Waals surface area (Å²) in [5.74, 6) is 1.82. The summed E-state index contributed by atoms with van der Waals surface area (Å²) in [5, 5.41) is 3.48. The monoisotopic (exact) mass is 447 g/mol. The molecule has 1 aromatic heterocycles. The average Bonchev–Trinajstić information content (AvgIpc) is 2.87. The van der Waals surface area contributed by atoms with E-state index in [-0.39, 0.29) is 0 Å². The van der Waals surface area contributed by atoms with Gasteiger partial charge >= 0.3 is 0 Å². The SMILES string of the molecule is COc1cc(-c2cc(CN(c3ccc(C)cc3)C3CCNCC3)ccn2)cc(OC)c1OC. The Labute approximate surface area is 196 Å². The molecule has 1 aliphatic rings. The van der Waals surface area contributed by atoms with Crippen molar-refractivity contribution in [3.05, 3.63) is 65.9 Å². The van der Waals surface area contributed by atoms with Crippen molar-refractivity contribution < 1.29 is 14.2 Å². The van der Waals surface area contributed by atoms with Gasteiger partial charge in [-0.15, -0.1) is 0 Å². The van der Waals surface area contributed by atoms with Crippen LogP contribution in [-0.2, 0) is 6.54 Å². The molecule has 2 aromatic carbocycles. The number of aromatic nitrogens is 1. The van der Waals surface area contributed by atoms with Gasteiger partial charge in [0.15, 0.2) is 11.5 Å². The molecule has 0 saturated carbocycles. The van der Waals surface area contributed by atoms with Crippen molar-refractivity contribution in [2.45, 2.75) is 32.4 Å². The van der Waals surface area contributed by atoms with E-state index in [0.29, 0.717) is 23.3 Å². The molecular formula is C27H33N3O3. The van der Waals surface area contributed by atoms with E-state index in [2.05, 4.69) is 58.5 Å². The lowest BCUT2D eigenvalue weighted by atomic mass is 10.0. The third-order valence-corrected chi connectivity index (χ3v) is 6.25. The van der Waals surface area contributed by atoms with E-state index in [0.717, 1.165) is 43.7 Å². The molecule has 33 heavy (non-hydrogen) atoms. The first-order chi connectivity index (χ1) is 16.1. The molecule has 1 N–H and O–H groups in total. The standard InChI is InChI=1S/C27H33N3O3/c1-19-5-7-22(8-6-19)30(23-10-12-28-13-11-23)18-20-9-14-29-24(15-20)21-16-25(31-2)27(33-4)26(17-21)32-3/h5-9,14-17,23,28H,10-13,18H2,1-4H3. The number of methoxy groups -OCH3 is 3. The summed E-state index contributed by atoms with van der Waals surface area (Å²) in [7, 11) is 4.87. The highest BCUT2D eigenvalue weighted by Crippen LogP contribution is 2.41. The Morgan fingerprint density at radius 1 is 0.909 bits per heavy atom. The molecule has 1 aliphatic heterocycles. The number of ether oxygens (including phenoxy) is 3. The number of piperidine rings is 1. The molecule has 0 aliphatic carbocycles. The van der Waals surface area contributed by atoms with Crippen molar-refractivity contribution >= 4 is 5.69 Å². The second kappa shape index (κ2) is 10.6. The minimum Gasteiger partial charge on any atom is -0.493 e. The number of pyridine rings is 1. The van der Waals surface area contributed by atoms with E-state index >= 15 is 0 Å². The van der Waals surface area contributed by atoms with Crippen LogP contribution < -0.4 is 24.4 Å². The molecule has 174 valence electrons. The van der Waals surface area contributed by atoms with Crippen LogP contribution in [-0.4, -0.2) is 45.4 Å². The molecule has 3 aromatic rings. The van der Waals surface area contributed by atoms with E-state index in [1.165, 1.54) is 16.8 Å². The minimum atomic E-state index is 0.506.